The number of hydrogen-bond donors (Lipinski definition) is 1. The Morgan fingerprint density at radius 2 is 1.05 bits per heavy atom. The number of thiol groups is 1. The zero-order chi connectivity index (χ0) is 15.1. The van der Waals surface area contributed by atoms with Gasteiger partial charge in [-0.25, -0.2) is 0 Å². The molecule has 0 saturated carbocycles. The van der Waals surface area contributed by atoms with Gasteiger partial charge in [0.25, 0.3) is 0 Å². The van der Waals surface area contributed by atoms with Crippen LogP contribution in [0.2, 0.25) is 0 Å². The molecular weight excluding hydrogens is 395 g/mol. The summed E-state index contributed by atoms with van der Waals surface area (Å²) in [6.07, 6.45) is 16.1. The van der Waals surface area contributed by atoms with Crippen LogP contribution in [-0.2, 0) is 27.3 Å². The number of unbranched alkanes of at least 4 members (excludes halogenated alkanes) is 10. The van der Waals surface area contributed by atoms with E-state index in [0.717, 1.165) is 17.4 Å². The molecule has 0 heterocycles. The molecule has 122 valence electrons. The van der Waals surface area contributed by atoms with E-state index < -0.39 is 0 Å². The first kappa shape index (κ1) is 24.4. The van der Waals surface area contributed by atoms with Gasteiger partial charge in [0, 0.05) is 40.4 Å². The molecule has 0 atom stereocenters. The van der Waals surface area contributed by atoms with Gasteiger partial charge in [-0.2, -0.15) is 0 Å². The zero-order valence-electron chi connectivity index (χ0n) is 14.4. The summed E-state index contributed by atoms with van der Waals surface area (Å²) in [5, 5.41) is 0. The van der Waals surface area contributed by atoms with E-state index >= 15 is 0 Å². The fourth-order valence-corrected chi connectivity index (χ4v) is 2.85. The van der Waals surface area contributed by atoms with Gasteiger partial charge in [0.1, 0.15) is 4.32 Å². The van der Waals surface area contributed by atoms with Crippen molar-refractivity contribution >= 4 is 29.2 Å². The second-order valence-corrected chi connectivity index (χ2v) is 6.92. The predicted octanol–water partition coefficient (Wildman–Crippen LogP) is 6.22. The molecule has 21 heavy (non-hydrogen) atoms. The summed E-state index contributed by atoms with van der Waals surface area (Å²) < 4.78 is 0.784. The topological polar surface area (TPSA) is 3.24 Å². The molecule has 0 rings (SSSR count). The van der Waals surface area contributed by atoms with Crippen molar-refractivity contribution in [3.63, 3.8) is 0 Å². The summed E-state index contributed by atoms with van der Waals surface area (Å²) in [5.41, 5.74) is 0. The molecule has 1 nitrogen and oxygen atoms in total. The Kier molecular flexibility index (Phi) is 22.3. The van der Waals surface area contributed by atoms with Crippen molar-refractivity contribution in [1.82, 2.24) is 4.90 Å². The van der Waals surface area contributed by atoms with Crippen LogP contribution >= 0.6 is 24.8 Å². The van der Waals surface area contributed by atoms with E-state index in [4.69, 9.17) is 12.2 Å². The largest absolute Gasteiger partial charge is 0.358 e. The van der Waals surface area contributed by atoms with Crippen LogP contribution in [0.25, 0.3) is 0 Å². The molecule has 0 spiro atoms. The maximum absolute atomic E-state index is 5.25. The van der Waals surface area contributed by atoms with Crippen LogP contribution in [0, 0.1) is 0 Å². The van der Waals surface area contributed by atoms with Gasteiger partial charge in [-0.05, 0) is 12.8 Å². The molecular formula is C17H35CdNS2. The van der Waals surface area contributed by atoms with Crippen LogP contribution in [0.1, 0.15) is 90.9 Å². The summed E-state index contributed by atoms with van der Waals surface area (Å²) in [6, 6.07) is 0. The molecule has 0 aliphatic heterocycles. The van der Waals surface area contributed by atoms with E-state index in [2.05, 4.69) is 31.4 Å². The maximum atomic E-state index is 5.25. The molecule has 0 aliphatic rings. The first-order valence-electron chi connectivity index (χ1n) is 8.70. The van der Waals surface area contributed by atoms with Crippen molar-refractivity contribution in [2.45, 2.75) is 90.9 Å². The average Bonchev–Trinajstić information content (AvgIpc) is 2.43. The second kappa shape index (κ2) is 19.2. The van der Waals surface area contributed by atoms with E-state index in [0.29, 0.717) is 0 Å². The Labute approximate surface area is 164 Å². The Balaban J connectivity index is 0. The van der Waals surface area contributed by atoms with E-state index in [9.17, 15) is 0 Å². The van der Waals surface area contributed by atoms with Gasteiger partial charge in [0.2, 0.25) is 0 Å². The van der Waals surface area contributed by atoms with Crippen LogP contribution in [0.5, 0.6) is 0 Å². The van der Waals surface area contributed by atoms with Crippen LogP contribution < -0.4 is 0 Å². The van der Waals surface area contributed by atoms with E-state index in [1.54, 1.807) is 0 Å². The van der Waals surface area contributed by atoms with Gasteiger partial charge in [-0.1, -0.05) is 90.3 Å². The maximum Gasteiger partial charge on any atom is 0.133 e. The molecule has 0 bridgehead atoms. The minimum absolute atomic E-state index is 0. The minimum atomic E-state index is 0. The van der Waals surface area contributed by atoms with Crippen molar-refractivity contribution in [3.8, 4) is 0 Å². The fraction of sp³-hybridized carbons (Fsp3) is 0.941. The van der Waals surface area contributed by atoms with Crippen LogP contribution in [-0.4, -0.2) is 22.3 Å². The Morgan fingerprint density at radius 1 is 0.714 bits per heavy atom. The fourth-order valence-electron chi connectivity index (χ4n) is 2.47. The summed E-state index contributed by atoms with van der Waals surface area (Å²) in [5.74, 6) is 0. The molecule has 0 aromatic rings. The Hall–Kier alpha value is 1.16. The number of rotatable bonds is 14. The molecule has 4 heteroatoms. The third kappa shape index (κ3) is 17.4. The first-order chi connectivity index (χ1) is 9.72. The van der Waals surface area contributed by atoms with Crippen LogP contribution in [0.4, 0.5) is 0 Å². The van der Waals surface area contributed by atoms with E-state index in [1.165, 1.54) is 77.0 Å². The van der Waals surface area contributed by atoms with Gasteiger partial charge in [0.15, 0.2) is 0 Å². The molecule has 0 aromatic carbocycles. The van der Waals surface area contributed by atoms with Gasteiger partial charge in [-0.3, -0.25) is 0 Å². The molecule has 0 radical (unpaired) electrons. The summed E-state index contributed by atoms with van der Waals surface area (Å²) >= 11 is 9.61. The molecule has 0 aliphatic carbocycles. The summed E-state index contributed by atoms with van der Waals surface area (Å²) in [7, 11) is 0. The Morgan fingerprint density at radius 3 is 1.38 bits per heavy atom. The minimum Gasteiger partial charge on any atom is -0.358 e. The zero-order valence-corrected chi connectivity index (χ0v) is 20.2. The van der Waals surface area contributed by atoms with Gasteiger partial charge < -0.3 is 4.90 Å². The first-order valence-corrected chi connectivity index (χ1v) is 9.55. The van der Waals surface area contributed by atoms with Gasteiger partial charge in [-0.15, -0.1) is 12.6 Å². The van der Waals surface area contributed by atoms with Gasteiger partial charge >= 0.3 is 0 Å². The van der Waals surface area contributed by atoms with Crippen LogP contribution in [0.3, 0.4) is 0 Å². The number of hydrogen-bond acceptors (Lipinski definition) is 1. The van der Waals surface area contributed by atoms with Crippen molar-refractivity contribution in [2.24, 2.45) is 0 Å². The van der Waals surface area contributed by atoms with Crippen LogP contribution in [0.15, 0.2) is 0 Å². The second-order valence-electron chi connectivity index (χ2n) is 5.81. The Bertz CT molecular complexity index is 209. The number of thiocarbonyl (C=S) groups is 1. The quantitative estimate of drug-likeness (QED) is 0.151. The smallest absolute Gasteiger partial charge is 0.133 e. The average molecular weight is 430 g/mol. The number of nitrogens with zero attached hydrogens (tertiary/aromatic N) is 1. The molecule has 0 fully saturated rings. The SMILES string of the molecule is CCCCCCCCN(CCCCCCCC)C(=S)S.[Cd]. The normalized spacial score (nSPS) is 10.2. The molecule has 0 saturated heterocycles. The third-order valence-corrected chi connectivity index (χ3v) is 4.37. The molecule has 0 unspecified atom stereocenters. The molecule has 0 amide bonds. The van der Waals surface area contributed by atoms with Crippen molar-refractivity contribution in [1.29, 1.82) is 0 Å². The van der Waals surface area contributed by atoms with Crippen molar-refractivity contribution < 1.29 is 27.3 Å². The predicted molar refractivity (Wildman–Crippen MR) is 99.9 cm³/mol. The monoisotopic (exact) mass is 431 g/mol. The molecule has 0 N–H and O–H groups in total. The van der Waals surface area contributed by atoms with Crippen molar-refractivity contribution in [2.75, 3.05) is 13.1 Å². The third-order valence-electron chi connectivity index (χ3n) is 3.83. The molecule has 0 aromatic heterocycles. The van der Waals surface area contributed by atoms with E-state index in [1.807, 2.05) is 0 Å². The summed E-state index contributed by atoms with van der Waals surface area (Å²) in [4.78, 5) is 2.29. The summed E-state index contributed by atoms with van der Waals surface area (Å²) in [6.45, 7) is 6.73. The van der Waals surface area contributed by atoms with E-state index in [-0.39, 0.29) is 27.3 Å². The van der Waals surface area contributed by atoms with Gasteiger partial charge in [0.05, 0.1) is 0 Å². The van der Waals surface area contributed by atoms with Crippen molar-refractivity contribution in [3.05, 3.63) is 0 Å². The standard InChI is InChI=1S/C17H35NS2.Cd/c1-3-5-7-9-11-13-15-18(17(19)20)16-14-12-10-8-6-4-2;/h3-16H2,1-2H3,(H,19,20);.